The van der Waals surface area contributed by atoms with Gasteiger partial charge < -0.3 is 5.32 Å². The van der Waals surface area contributed by atoms with Crippen LogP contribution >= 0.6 is 34.2 Å². The van der Waals surface area contributed by atoms with Crippen LogP contribution in [0, 0.1) is 15.4 Å². The summed E-state index contributed by atoms with van der Waals surface area (Å²) in [5, 5.41) is 4.50. The fraction of sp³-hybridized carbons (Fsp3) is 0.571. The van der Waals surface area contributed by atoms with Crippen molar-refractivity contribution in [2.45, 2.75) is 39.2 Å². The summed E-state index contributed by atoms with van der Waals surface area (Å²) < 4.78 is 1.21. The molecule has 1 fully saturated rings. The third-order valence-electron chi connectivity index (χ3n) is 3.98. The van der Waals surface area contributed by atoms with Crippen LogP contribution in [0.15, 0.2) is 18.2 Å². The van der Waals surface area contributed by atoms with E-state index in [-0.39, 0.29) is 0 Å². The smallest absolute Gasteiger partial charge is 0.0479 e. The zero-order chi connectivity index (χ0) is 12.4. The van der Waals surface area contributed by atoms with Gasteiger partial charge in [0, 0.05) is 20.3 Å². The van der Waals surface area contributed by atoms with Crippen LogP contribution < -0.4 is 5.32 Å². The molecule has 1 aromatic rings. The largest absolute Gasteiger partial charge is 0.381 e. The van der Waals surface area contributed by atoms with Gasteiger partial charge in [-0.25, -0.2) is 0 Å². The van der Waals surface area contributed by atoms with E-state index < -0.39 is 0 Å². The van der Waals surface area contributed by atoms with E-state index in [2.05, 4.69) is 47.8 Å². The molecule has 1 N–H and O–H groups in total. The monoisotopic (exact) mass is 363 g/mol. The topological polar surface area (TPSA) is 12.0 Å². The Hall–Kier alpha value is 0.0400. The van der Waals surface area contributed by atoms with E-state index in [9.17, 15) is 0 Å². The Balaban J connectivity index is 2.09. The predicted molar refractivity (Wildman–Crippen MR) is 83.8 cm³/mol. The first-order valence-corrected chi connectivity index (χ1v) is 7.75. The standard InChI is InChI=1S/C14H19ClIN/c1-9-4-3-5-13(10(9)2)17-14-7-6-11(15)8-12(14)16/h6-10,13,17H,3-5H2,1-2H3. The van der Waals surface area contributed by atoms with Gasteiger partial charge in [0.2, 0.25) is 0 Å². The van der Waals surface area contributed by atoms with Crippen molar-refractivity contribution in [3.05, 3.63) is 26.8 Å². The molecule has 1 nitrogen and oxygen atoms in total. The van der Waals surface area contributed by atoms with Crippen molar-refractivity contribution < 1.29 is 0 Å². The molecular weight excluding hydrogens is 345 g/mol. The van der Waals surface area contributed by atoms with Gasteiger partial charge in [0.05, 0.1) is 0 Å². The van der Waals surface area contributed by atoms with E-state index in [0.29, 0.717) is 6.04 Å². The molecule has 1 aliphatic carbocycles. The van der Waals surface area contributed by atoms with Crippen molar-refractivity contribution in [1.29, 1.82) is 0 Å². The lowest BCUT2D eigenvalue weighted by molar-refractivity contribution is 0.253. The van der Waals surface area contributed by atoms with Crippen molar-refractivity contribution in [3.8, 4) is 0 Å². The fourth-order valence-electron chi connectivity index (χ4n) is 2.59. The molecule has 94 valence electrons. The third kappa shape index (κ3) is 3.28. The third-order valence-corrected chi connectivity index (χ3v) is 5.11. The SMILES string of the molecule is CC1CCCC(Nc2ccc(Cl)cc2I)C1C. The fourth-order valence-corrected chi connectivity index (χ4v) is 3.62. The molecular formula is C14H19ClIN. The lowest BCUT2D eigenvalue weighted by Gasteiger charge is -2.35. The highest BCUT2D eigenvalue weighted by molar-refractivity contribution is 14.1. The van der Waals surface area contributed by atoms with Gasteiger partial charge in [0.15, 0.2) is 0 Å². The normalized spacial score (nSPS) is 29.1. The summed E-state index contributed by atoms with van der Waals surface area (Å²) >= 11 is 8.33. The highest BCUT2D eigenvalue weighted by Crippen LogP contribution is 2.33. The van der Waals surface area contributed by atoms with Crippen LogP contribution in [0.3, 0.4) is 0 Å². The maximum absolute atomic E-state index is 5.98. The number of nitrogens with one attached hydrogen (secondary N) is 1. The summed E-state index contributed by atoms with van der Waals surface area (Å²) in [6, 6.07) is 6.67. The zero-order valence-electron chi connectivity index (χ0n) is 10.3. The van der Waals surface area contributed by atoms with Gasteiger partial charge in [-0.2, -0.15) is 0 Å². The van der Waals surface area contributed by atoms with Gasteiger partial charge >= 0.3 is 0 Å². The van der Waals surface area contributed by atoms with Crippen molar-refractivity contribution in [2.75, 3.05) is 5.32 Å². The molecule has 0 saturated heterocycles. The number of anilines is 1. The van der Waals surface area contributed by atoms with Crippen LogP contribution in [-0.4, -0.2) is 6.04 Å². The van der Waals surface area contributed by atoms with Crippen LogP contribution in [0.2, 0.25) is 5.02 Å². The Kier molecular flexibility index (Phi) is 4.59. The van der Waals surface area contributed by atoms with Crippen molar-refractivity contribution >= 4 is 39.9 Å². The van der Waals surface area contributed by atoms with Crippen LogP contribution in [0.5, 0.6) is 0 Å². The van der Waals surface area contributed by atoms with Crippen molar-refractivity contribution in [1.82, 2.24) is 0 Å². The van der Waals surface area contributed by atoms with E-state index in [0.717, 1.165) is 16.9 Å². The molecule has 2 rings (SSSR count). The Morgan fingerprint density at radius 1 is 1.29 bits per heavy atom. The predicted octanol–water partition coefficient (Wildman–Crippen LogP) is 5.18. The van der Waals surface area contributed by atoms with Gasteiger partial charge in [-0.05, 0) is 59.0 Å². The van der Waals surface area contributed by atoms with Gasteiger partial charge in [-0.15, -0.1) is 0 Å². The van der Waals surface area contributed by atoms with E-state index >= 15 is 0 Å². The molecule has 3 atom stereocenters. The second-order valence-corrected chi connectivity index (χ2v) is 6.74. The summed E-state index contributed by atoms with van der Waals surface area (Å²) in [5.74, 6) is 1.57. The number of hydrogen-bond donors (Lipinski definition) is 1. The van der Waals surface area contributed by atoms with Gasteiger partial charge in [0.25, 0.3) is 0 Å². The second-order valence-electron chi connectivity index (χ2n) is 5.14. The number of halogens is 2. The molecule has 0 amide bonds. The maximum atomic E-state index is 5.98. The lowest BCUT2D eigenvalue weighted by Crippen LogP contribution is -2.35. The average Bonchev–Trinajstić information content (AvgIpc) is 2.28. The Morgan fingerprint density at radius 3 is 2.76 bits per heavy atom. The Morgan fingerprint density at radius 2 is 2.06 bits per heavy atom. The van der Waals surface area contributed by atoms with Crippen molar-refractivity contribution in [3.63, 3.8) is 0 Å². The highest BCUT2D eigenvalue weighted by atomic mass is 127. The zero-order valence-corrected chi connectivity index (χ0v) is 13.3. The number of rotatable bonds is 2. The van der Waals surface area contributed by atoms with Gasteiger partial charge in [-0.1, -0.05) is 38.3 Å². The molecule has 1 saturated carbocycles. The molecule has 0 radical (unpaired) electrons. The lowest BCUT2D eigenvalue weighted by atomic mass is 9.78. The molecule has 0 aliphatic heterocycles. The van der Waals surface area contributed by atoms with Gasteiger partial charge in [0.1, 0.15) is 0 Å². The first kappa shape index (κ1) is 13.5. The molecule has 0 heterocycles. The molecule has 0 aromatic heterocycles. The molecule has 3 heteroatoms. The van der Waals surface area contributed by atoms with Crippen LogP contribution in [0.4, 0.5) is 5.69 Å². The minimum atomic E-state index is 0.605. The van der Waals surface area contributed by atoms with Crippen LogP contribution in [0.1, 0.15) is 33.1 Å². The van der Waals surface area contributed by atoms with Crippen molar-refractivity contribution in [2.24, 2.45) is 11.8 Å². The summed E-state index contributed by atoms with van der Waals surface area (Å²) in [4.78, 5) is 0. The minimum absolute atomic E-state index is 0.605. The molecule has 0 spiro atoms. The van der Waals surface area contributed by atoms with E-state index in [1.54, 1.807) is 0 Å². The first-order chi connectivity index (χ1) is 8.08. The molecule has 1 aromatic carbocycles. The quantitative estimate of drug-likeness (QED) is 0.714. The number of hydrogen-bond acceptors (Lipinski definition) is 1. The average molecular weight is 364 g/mol. The maximum Gasteiger partial charge on any atom is 0.0479 e. The van der Waals surface area contributed by atoms with E-state index in [1.165, 1.54) is 28.5 Å². The summed E-state index contributed by atoms with van der Waals surface area (Å²) in [6.07, 6.45) is 3.99. The Labute approximate surface area is 122 Å². The van der Waals surface area contributed by atoms with Gasteiger partial charge in [-0.3, -0.25) is 0 Å². The summed E-state index contributed by atoms with van der Waals surface area (Å²) in [6.45, 7) is 4.73. The molecule has 1 aliphatic rings. The summed E-state index contributed by atoms with van der Waals surface area (Å²) in [5.41, 5.74) is 1.22. The highest BCUT2D eigenvalue weighted by Gasteiger charge is 2.27. The van der Waals surface area contributed by atoms with E-state index in [4.69, 9.17) is 11.6 Å². The number of benzene rings is 1. The Bertz CT molecular complexity index is 394. The van der Waals surface area contributed by atoms with E-state index in [1.807, 2.05) is 12.1 Å². The molecule has 17 heavy (non-hydrogen) atoms. The minimum Gasteiger partial charge on any atom is -0.381 e. The van der Waals surface area contributed by atoms with Crippen LogP contribution in [0.25, 0.3) is 0 Å². The molecule has 0 bridgehead atoms. The second kappa shape index (κ2) is 5.79. The van der Waals surface area contributed by atoms with Crippen LogP contribution in [-0.2, 0) is 0 Å². The summed E-state index contributed by atoms with van der Waals surface area (Å²) in [7, 11) is 0. The first-order valence-electron chi connectivity index (χ1n) is 6.29. The molecule has 3 unspecified atom stereocenters.